The molecule has 2 aliphatic heterocycles. The monoisotopic (exact) mass is 492 g/mol. The molecule has 2 saturated heterocycles. The van der Waals surface area contributed by atoms with Gasteiger partial charge >= 0.3 is 0 Å². The van der Waals surface area contributed by atoms with Gasteiger partial charge in [-0.2, -0.15) is 0 Å². The lowest BCUT2D eigenvalue weighted by molar-refractivity contribution is 0.0332. The minimum Gasteiger partial charge on any atom is -0.484 e. The van der Waals surface area contributed by atoms with Crippen molar-refractivity contribution in [1.29, 1.82) is 0 Å². The normalized spacial score (nSPS) is 21.1. The van der Waals surface area contributed by atoms with Crippen LogP contribution in [-0.2, 0) is 9.47 Å². The lowest BCUT2D eigenvalue weighted by Crippen LogP contribution is -2.44. The van der Waals surface area contributed by atoms with Gasteiger partial charge in [-0.15, -0.1) is 11.3 Å². The number of anilines is 3. The van der Waals surface area contributed by atoms with Gasteiger partial charge in [0.25, 0.3) is 0 Å². The molecule has 9 nitrogen and oxygen atoms in total. The molecule has 2 aromatic carbocycles. The molecule has 35 heavy (non-hydrogen) atoms. The molecule has 6 rings (SSSR count). The first kappa shape index (κ1) is 22.4. The van der Waals surface area contributed by atoms with E-state index in [4.69, 9.17) is 14.2 Å². The molecule has 0 spiro atoms. The fraction of sp³-hybridized carbons (Fsp3) is 0.400. The molecule has 4 heterocycles. The SMILES string of the molecule is CO[C@H]1COC[C@@H]1Oc1cc(N2CCN(C)CC2)cc2ncnc(Nc3ccc4ncsc4c3)c12. The van der Waals surface area contributed by atoms with Crippen LogP contribution in [0.25, 0.3) is 21.1 Å². The number of ether oxygens (including phenoxy) is 3. The Morgan fingerprint density at radius 3 is 2.71 bits per heavy atom. The average molecular weight is 493 g/mol. The topological polar surface area (TPSA) is 84.9 Å². The van der Waals surface area contributed by atoms with Gasteiger partial charge in [-0.1, -0.05) is 0 Å². The van der Waals surface area contributed by atoms with E-state index in [0.29, 0.717) is 19.0 Å². The van der Waals surface area contributed by atoms with E-state index >= 15 is 0 Å². The van der Waals surface area contributed by atoms with Gasteiger partial charge in [0.05, 0.1) is 39.8 Å². The molecule has 2 atom stereocenters. The van der Waals surface area contributed by atoms with Gasteiger partial charge in [-0.05, 0) is 31.3 Å². The number of piperazine rings is 1. The van der Waals surface area contributed by atoms with Crippen molar-refractivity contribution in [1.82, 2.24) is 19.9 Å². The summed E-state index contributed by atoms with van der Waals surface area (Å²) in [5, 5.41) is 4.33. The largest absolute Gasteiger partial charge is 0.484 e. The zero-order valence-electron chi connectivity index (χ0n) is 19.8. The van der Waals surface area contributed by atoms with Crippen LogP contribution in [0.15, 0.2) is 42.2 Å². The minimum atomic E-state index is -0.201. The summed E-state index contributed by atoms with van der Waals surface area (Å²) in [7, 11) is 3.85. The van der Waals surface area contributed by atoms with Crippen molar-refractivity contribution in [2.75, 3.05) is 63.8 Å². The van der Waals surface area contributed by atoms with Crippen LogP contribution in [0.2, 0.25) is 0 Å². The van der Waals surface area contributed by atoms with Crippen molar-refractivity contribution in [2.24, 2.45) is 0 Å². The smallest absolute Gasteiger partial charge is 0.150 e. The van der Waals surface area contributed by atoms with Crippen molar-refractivity contribution < 1.29 is 14.2 Å². The second kappa shape index (κ2) is 9.54. The Balaban J connectivity index is 1.41. The number of rotatable bonds is 6. The van der Waals surface area contributed by atoms with E-state index in [1.165, 1.54) is 0 Å². The number of hydrogen-bond acceptors (Lipinski definition) is 10. The molecule has 182 valence electrons. The molecule has 0 radical (unpaired) electrons. The number of hydrogen-bond donors (Lipinski definition) is 1. The molecule has 0 unspecified atom stereocenters. The van der Waals surface area contributed by atoms with Crippen molar-refractivity contribution in [3.63, 3.8) is 0 Å². The fourth-order valence-electron chi connectivity index (χ4n) is 4.65. The number of likely N-dealkylation sites (N-methyl/N-ethyl adjacent to an activating group) is 1. The highest BCUT2D eigenvalue weighted by Gasteiger charge is 2.31. The van der Waals surface area contributed by atoms with E-state index in [2.05, 4.69) is 55.3 Å². The zero-order valence-corrected chi connectivity index (χ0v) is 20.6. The first-order valence-electron chi connectivity index (χ1n) is 11.8. The highest BCUT2D eigenvalue weighted by Crippen LogP contribution is 2.37. The molecule has 2 fully saturated rings. The zero-order chi connectivity index (χ0) is 23.8. The van der Waals surface area contributed by atoms with Gasteiger partial charge in [0.15, 0.2) is 6.10 Å². The van der Waals surface area contributed by atoms with Crippen LogP contribution in [-0.4, -0.2) is 85.6 Å². The van der Waals surface area contributed by atoms with Gasteiger partial charge < -0.3 is 29.3 Å². The predicted octanol–water partition coefficient (Wildman–Crippen LogP) is 3.53. The third-order valence-electron chi connectivity index (χ3n) is 6.71. The van der Waals surface area contributed by atoms with Crippen LogP contribution >= 0.6 is 11.3 Å². The third kappa shape index (κ3) is 4.50. The Labute approximate surface area is 207 Å². The maximum atomic E-state index is 6.57. The Morgan fingerprint density at radius 1 is 1.00 bits per heavy atom. The Hall–Kier alpha value is -3.05. The number of nitrogens with one attached hydrogen (secondary N) is 1. The van der Waals surface area contributed by atoms with Crippen LogP contribution in [0, 0.1) is 0 Å². The average Bonchev–Trinajstić information content (AvgIpc) is 3.53. The maximum Gasteiger partial charge on any atom is 0.150 e. The van der Waals surface area contributed by atoms with Crippen molar-refractivity contribution in [3.8, 4) is 5.75 Å². The predicted molar refractivity (Wildman–Crippen MR) is 138 cm³/mol. The summed E-state index contributed by atoms with van der Waals surface area (Å²) in [5.74, 6) is 1.43. The minimum absolute atomic E-state index is 0.118. The highest BCUT2D eigenvalue weighted by atomic mass is 32.1. The second-order valence-electron chi connectivity index (χ2n) is 8.98. The Kier molecular flexibility index (Phi) is 6.11. The maximum absolute atomic E-state index is 6.57. The molecule has 2 aromatic heterocycles. The van der Waals surface area contributed by atoms with E-state index in [0.717, 1.165) is 64.4 Å². The van der Waals surface area contributed by atoms with Crippen LogP contribution in [0.3, 0.4) is 0 Å². The quantitative estimate of drug-likeness (QED) is 0.434. The number of fused-ring (bicyclic) bond motifs is 2. The Morgan fingerprint density at radius 2 is 1.86 bits per heavy atom. The number of thiazole rings is 1. The summed E-state index contributed by atoms with van der Waals surface area (Å²) in [4.78, 5) is 18.3. The summed E-state index contributed by atoms with van der Waals surface area (Å²) in [6, 6.07) is 10.4. The van der Waals surface area contributed by atoms with E-state index in [9.17, 15) is 0 Å². The molecule has 0 bridgehead atoms. The first-order valence-corrected chi connectivity index (χ1v) is 12.7. The molecule has 4 aromatic rings. The van der Waals surface area contributed by atoms with Crippen LogP contribution in [0.5, 0.6) is 5.75 Å². The van der Waals surface area contributed by atoms with Gasteiger partial charge in [0.2, 0.25) is 0 Å². The fourth-order valence-corrected chi connectivity index (χ4v) is 5.37. The molecular formula is C25H28N6O3S. The van der Waals surface area contributed by atoms with Crippen LogP contribution < -0.4 is 15.0 Å². The van der Waals surface area contributed by atoms with E-state index in [1.807, 2.05) is 17.6 Å². The first-order chi connectivity index (χ1) is 17.2. The second-order valence-corrected chi connectivity index (χ2v) is 9.86. The number of nitrogens with zero attached hydrogens (tertiary/aromatic N) is 5. The molecule has 0 saturated carbocycles. The number of methoxy groups -OCH3 is 1. The number of aromatic nitrogens is 3. The molecule has 0 aliphatic carbocycles. The summed E-state index contributed by atoms with van der Waals surface area (Å²) >= 11 is 1.62. The molecule has 2 aliphatic rings. The highest BCUT2D eigenvalue weighted by molar-refractivity contribution is 7.16. The van der Waals surface area contributed by atoms with Crippen molar-refractivity contribution in [2.45, 2.75) is 12.2 Å². The van der Waals surface area contributed by atoms with Gasteiger partial charge in [0, 0.05) is 50.7 Å². The third-order valence-corrected chi connectivity index (χ3v) is 7.50. The van der Waals surface area contributed by atoms with E-state index in [-0.39, 0.29) is 12.2 Å². The van der Waals surface area contributed by atoms with E-state index in [1.54, 1.807) is 24.8 Å². The van der Waals surface area contributed by atoms with E-state index < -0.39 is 0 Å². The summed E-state index contributed by atoms with van der Waals surface area (Å²) < 4.78 is 18.9. The lowest BCUT2D eigenvalue weighted by atomic mass is 10.1. The van der Waals surface area contributed by atoms with Crippen LogP contribution in [0.1, 0.15) is 0 Å². The molecule has 0 amide bonds. The van der Waals surface area contributed by atoms with Crippen molar-refractivity contribution in [3.05, 3.63) is 42.2 Å². The summed E-state index contributed by atoms with van der Waals surface area (Å²) in [5.41, 5.74) is 5.72. The summed E-state index contributed by atoms with van der Waals surface area (Å²) in [6.45, 7) is 4.96. The molecule has 10 heteroatoms. The van der Waals surface area contributed by atoms with Crippen molar-refractivity contribution >= 4 is 49.6 Å². The molecule has 1 N–H and O–H groups in total. The van der Waals surface area contributed by atoms with Gasteiger partial charge in [-0.25, -0.2) is 15.0 Å². The van der Waals surface area contributed by atoms with Crippen LogP contribution in [0.4, 0.5) is 17.2 Å². The summed E-state index contributed by atoms with van der Waals surface area (Å²) in [6.07, 6.45) is 1.28. The van der Waals surface area contributed by atoms with Gasteiger partial charge in [0.1, 0.15) is 24.0 Å². The molecular weight excluding hydrogens is 464 g/mol. The lowest BCUT2D eigenvalue weighted by Gasteiger charge is -2.34. The van der Waals surface area contributed by atoms with Gasteiger partial charge in [-0.3, -0.25) is 0 Å². The Bertz CT molecular complexity index is 1340. The standard InChI is InChI=1S/C25H28N6O3S/c1-30-5-7-31(8-6-30)17-10-19-24(20(11-17)34-22-13-33-12-21(22)32-2)25(27-14-26-19)29-16-3-4-18-23(9-16)35-15-28-18/h3-4,9-11,14-15,21-22H,5-8,12-13H2,1-2H3,(H,26,27,29)/t21-,22-/m0/s1. The number of benzene rings is 2.